The van der Waals surface area contributed by atoms with Crippen molar-refractivity contribution in [1.29, 1.82) is 0 Å². The lowest BCUT2D eigenvalue weighted by Gasteiger charge is -2.36. The van der Waals surface area contributed by atoms with E-state index >= 15 is 0 Å². The van der Waals surface area contributed by atoms with E-state index < -0.39 is 5.69 Å². The van der Waals surface area contributed by atoms with Crippen LogP contribution in [0.3, 0.4) is 0 Å². The first-order chi connectivity index (χ1) is 11.0. The van der Waals surface area contributed by atoms with E-state index in [9.17, 15) is 14.0 Å². The molecule has 1 heterocycles. The summed E-state index contributed by atoms with van der Waals surface area (Å²) in [5.41, 5.74) is 0.122. The summed E-state index contributed by atoms with van der Waals surface area (Å²) in [5.74, 6) is 0.548. The molecule has 0 saturated heterocycles. The lowest BCUT2D eigenvalue weighted by atomic mass is 9.76. The quantitative estimate of drug-likeness (QED) is 0.897. The molecule has 6 nitrogen and oxygen atoms in total. The highest BCUT2D eigenvalue weighted by molar-refractivity contribution is 5.37. The largest absolute Gasteiger partial charge is 0.494 e. The van der Waals surface area contributed by atoms with Crippen molar-refractivity contribution in [3.8, 4) is 5.75 Å². The van der Waals surface area contributed by atoms with Crippen LogP contribution < -0.4 is 21.3 Å². The predicted octanol–water partition coefficient (Wildman–Crippen LogP) is 1.58. The van der Waals surface area contributed by atoms with Crippen molar-refractivity contribution in [2.45, 2.75) is 24.8 Å². The van der Waals surface area contributed by atoms with E-state index in [0.717, 1.165) is 23.0 Å². The Balaban J connectivity index is 1.64. The third-order valence-corrected chi connectivity index (χ3v) is 4.29. The summed E-state index contributed by atoms with van der Waals surface area (Å²) in [6, 6.07) is 6.50. The van der Waals surface area contributed by atoms with Crippen LogP contribution in [0, 0.1) is 5.82 Å². The SMILES string of the molecule is COc1ccc(C2CC(Nc3cc(=O)n(C)c(=O)[nH]3)C2)cc1F. The molecule has 1 fully saturated rings. The van der Waals surface area contributed by atoms with Crippen LogP contribution in [0.2, 0.25) is 0 Å². The topological polar surface area (TPSA) is 76.1 Å². The Bertz CT molecular complexity index is 806. The first kappa shape index (κ1) is 15.3. The molecule has 0 spiro atoms. The van der Waals surface area contributed by atoms with Gasteiger partial charge >= 0.3 is 5.69 Å². The highest BCUT2D eigenvalue weighted by Crippen LogP contribution is 2.39. The number of hydrogen-bond donors (Lipinski definition) is 2. The van der Waals surface area contributed by atoms with Gasteiger partial charge in [-0.15, -0.1) is 0 Å². The molecule has 0 bridgehead atoms. The van der Waals surface area contributed by atoms with Crippen LogP contribution in [-0.2, 0) is 7.05 Å². The smallest absolute Gasteiger partial charge is 0.329 e. The minimum absolute atomic E-state index is 0.146. The maximum atomic E-state index is 13.7. The number of rotatable bonds is 4. The number of methoxy groups -OCH3 is 1. The van der Waals surface area contributed by atoms with Crippen molar-refractivity contribution in [2.75, 3.05) is 12.4 Å². The van der Waals surface area contributed by atoms with Gasteiger partial charge in [-0.05, 0) is 36.5 Å². The van der Waals surface area contributed by atoms with Gasteiger partial charge in [0.15, 0.2) is 11.6 Å². The molecule has 0 atom stereocenters. The fourth-order valence-electron chi connectivity index (χ4n) is 2.80. The molecule has 3 rings (SSSR count). The van der Waals surface area contributed by atoms with Gasteiger partial charge in [0.1, 0.15) is 5.82 Å². The molecule has 23 heavy (non-hydrogen) atoms. The second kappa shape index (κ2) is 5.91. The number of aromatic nitrogens is 2. The van der Waals surface area contributed by atoms with Gasteiger partial charge in [-0.2, -0.15) is 0 Å². The van der Waals surface area contributed by atoms with Crippen molar-refractivity contribution in [3.05, 3.63) is 56.5 Å². The van der Waals surface area contributed by atoms with Gasteiger partial charge in [-0.1, -0.05) is 6.07 Å². The molecular formula is C16H18FN3O3. The van der Waals surface area contributed by atoms with Crippen molar-refractivity contribution in [3.63, 3.8) is 0 Å². The van der Waals surface area contributed by atoms with Crippen LogP contribution in [0.4, 0.5) is 10.2 Å². The van der Waals surface area contributed by atoms with Gasteiger partial charge in [0, 0.05) is 19.2 Å². The van der Waals surface area contributed by atoms with Gasteiger partial charge in [-0.25, -0.2) is 9.18 Å². The number of ether oxygens (including phenoxy) is 1. The molecule has 2 N–H and O–H groups in total. The Morgan fingerprint density at radius 1 is 1.30 bits per heavy atom. The van der Waals surface area contributed by atoms with Crippen LogP contribution in [0.15, 0.2) is 33.9 Å². The molecule has 7 heteroatoms. The lowest BCUT2D eigenvalue weighted by molar-refractivity contribution is 0.365. The summed E-state index contributed by atoms with van der Waals surface area (Å²) in [7, 11) is 2.86. The summed E-state index contributed by atoms with van der Waals surface area (Å²) >= 11 is 0. The fourth-order valence-corrected chi connectivity index (χ4v) is 2.80. The summed E-state index contributed by atoms with van der Waals surface area (Å²) in [4.78, 5) is 25.7. The van der Waals surface area contributed by atoms with Crippen molar-refractivity contribution < 1.29 is 9.13 Å². The maximum Gasteiger partial charge on any atom is 0.329 e. The molecule has 1 aromatic carbocycles. The molecule has 1 aliphatic carbocycles. The van der Waals surface area contributed by atoms with Crippen LogP contribution in [0.1, 0.15) is 24.3 Å². The minimum Gasteiger partial charge on any atom is -0.494 e. The van der Waals surface area contributed by atoms with Crippen molar-refractivity contribution in [1.82, 2.24) is 9.55 Å². The van der Waals surface area contributed by atoms with E-state index in [1.807, 2.05) is 6.07 Å². The van der Waals surface area contributed by atoms with Crippen LogP contribution in [0.5, 0.6) is 5.75 Å². The maximum absolute atomic E-state index is 13.7. The molecule has 122 valence electrons. The van der Waals surface area contributed by atoms with Gasteiger partial charge in [0.05, 0.1) is 7.11 Å². The van der Waals surface area contributed by atoms with Crippen molar-refractivity contribution >= 4 is 5.82 Å². The summed E-state index contributed by atoms with van der Waals surface area (Å²) in [5, 5.41) is 3.14. The first-order valence-electron chi connectivity index (χ1n) is 7.38. The number of halogens is 1. The predicted molar refractivity (Wildman–Crippen MR) is 84.6 cm³/mol. The normalized spacial score (nSPS) is 20.0. The number of nitrogens with one attached hydrogen (secondary N) is 2. The van der Waals surface area contributed by atoms with Gasteiger partial charge in [0.25, 0.3) is 5.56 Å². The molecule has 1 aromatic heterocycles. The van der Waals surface area contributed by atoms with E-state index in [4.69, 9.17) is 4.74 Å². The second-order valence-electron chi connectivity index (χ2n) is 5.79. The first-order valence-corrected chi connectivity index (χ1v) is 7.38. The van der Waals surface area contributed by atoms with Crippen LogP contribution in [0.25, 0.3) is 0 Å². The van der Waals surface area contributed by atoms with Gasteiger partial charge in [0.2, 0.25) is 0 Å². The van der Waals surface area contributed by atoms with E-state index in [1.54, 1.807) is 6.07 Å². The Hall–Kier alpha value is -2.57. The molecular weight excluding hydrogens is 301 g/mol. The van der Waals surface area contributed by atoms with Crippen LogP contribution >= 0.6 is 0 Å². The summed E-state index contributed by atoms with van der Waals surface area (Å²) in [6.45, 7) is 0. The Morgan fingerprint density at radius 3 is 2.65 bits per heavy atom. The Morgan fingerprint density at radius 2 is 2.04 bits per heavy atom. The number of anilines is 1. The molecule has 1 saturated carbocycles. The number of H-pyrrole nitrogens is 1. The fraction of sp³-hybridized carbons (Fsp3) is 0.375. The van der Waals surface area contributed by atoms with E-state index in [-0.39, 0.29) is 29.1 Å². The Kier molecular flexibility index (Phi) is 3.94. The Labute approximate surface area is 131 Å². The third kappa shape index (κ3) is 2.99. The monoisotopic (exact) mass is 319 g/mol. The van der Waals surface area contributed by atoms with E-state index in [1.165, 1.54) is 26.3 Å². The number of nitrogens with zero attached hydrogens (tertiary/aromatic N) is 1. The number of benzene rings is 1. The van der Waals surface area contributed by atoms with Gasteiger partial charge in [-0.3, -0.25) is 14.3 Å². The molecule has 0 aliphatic heterocycles. The number of hydrogen-bond acceptors (Lipinski definition) is 4. The molecule has 2 aromatic rings. The van der Waals surface area contributed by atoms with Crippen molar-refractivity contribution in [2.24, 2.45) is 7.05 Å². The van der Waals surface area contributed by atoms with Gasteiger partial charge < -0.3 is 10.1 Å². The minimum atomic E-state index is -0.451. The standard InChI is InChI=1S/C16H18FN3O3/c1-20-15(21)8-14(19-16(20)22)18-11-5-10(6-11)9-3-4-13(23-2)12(17)7-9/h3-4,7-8,10-11,18H,5-6H2,1-2H3,(H,19,22). The molecule has 0 amide bonds. The molecule has 1 aliphatic rings. The highest BCUT2D eigenvalue weighted by Gasteiger charge is 2.31. The zero-order chi connectivity index (χ0) is 16.6. The third-order valence-electron chi connectivity index (χ3n) is 4.29. The second-order valence-corrected chi connectivity index (χ2v) is 5.79. The molecule has 0 unspecified atom stereocenters. The summed E-state index contributed by atoms with van der Waals surface area (Å²) in [6.07, 6.45) is 1.62. The van der Waals surface area contributed by atoms with E-state index in [0.29, 0.717) is 5.82 Å². The summed E-state index contributed by atoms with van der Waals surface area (Å²) < 4.78 is 19.6. The highest BCUT2D eigenvalue weighted by atomic mass is 19.1. The average Bonchev–Trinajstić information content (AvgIpc) is 2.48. The molecule has 0 radical (unpaired) electrons. The van der Waals surface area contributed by atoms with E-state index in [2.05, 4.69) is 10.3 Å². The zero-order valence-electron chi connectivity index (χ0n) is 12.9. The lowest BCUT2D eigenvalue weighted by Crippen LogP contribution is -2.37. The zero-order valence-corrected chi connectivity index (χ0v) is 12.9. The average molecular weight is 319 g/mol. The number of aromatic amines is 1. The van der Waals surface area contributed by atoms with Crippen LogP contribution in [-0.4, -0.2) is 22.7 Å².